The molecule has 90 valence electrons. The second kappa shape index (κ2) is 5.91. The minimum Gasteiger partial charge on any atom is -0.778 e. The summed E-state index contributed by atoms with van der Waals surface area (Å²) in [7, 11) is -8.96. The van der Waals surface area contributed by atoms with Crippen LogP contribution in [0, 0.1) is 0 Å². The standard InChI is InChI=1S/C5H12O8P2.Na/c6-1-3-4(7)5(8)14(9,13-3)2-15(10,11)12;/h3-8H,1-2H2,(H2,10,11,12);/q;+1/p-1/t3-,4-,5?,14?;/m1./s1. The Balaban J connectivity index is 0.00000225. The van der Waals surface area contributed by atoms with Gasteiger partial charge in [-0.05, 0) is 0 Å². The SMILES string of the molecule is O=P([O-])(O)CP1(=O)O[C@H](CO)[C@@H](O)C1O.[Na+]. The Kier molecular flexibility index (Phi) is 6.36. The van der Waals surface area contributed by atoms with Crippen molar-refractivity contribution in [1.29, 1.82) is 0 Å². The van der Waals surface area contributed by atoms with Crippen molar-refractivity contribution in [2.75, 3.05) is 12.5 Å². The van der Waals surface area contributed by atoms with Gasteiger partial charge in [0, 0.05) is 0 Å². The van der Waals surface area contributed by atoms with Crippen molar-refractivity contribution in [1.82, 2.24) is 0 Å². The van der Waals surface area contributed by atoms with Gasteiger partial charge < -0.3 is 34.2 Å². The van der Waals surface area contributed by atoms with Gasteiger partial charge in [0.05, 0.1) is 12.5 Å². The van der Waals surface area contributed by atoms with Gasteiger partial charge in [0.1, 0.15) is 19.8 Å². The topological polar surface area (TPSA) is 147 Å². The number of hydrogen-bond acceptors (Lipinski definition) is 7. The molecule has 1 heterocycles. The fourth-order valence-corrected chi connectivity index (χ4v) is 5.65. The van der Waals surface area contributed by atoms with Crippen LogP contribution in [0.3, 0.4) is 0 Å². The van der Waals surface area contributed by atoms with Crippen molar-refractivity contribution in [3.8, 4) is 0 Å². The summed E-state index contributed by atoms with van der Waals surface area (Å²) in [6.45, 7) is -0.712. The number of rotatable bonds is 3. The van der Waals surface area contributed by atoms with Gasteiger partial charge in [-0.3, -0.25) is 4.57 Å². The first-order valence-electron chi connectivity index (χ1n) is 3.96. The molecule has 0 spiro atoms. The maximum Gasteiger partial charge on any atom is 1.00 e. The van der Waals surface area contributed by atoms with Gasteiger partial charge in [0.25, 0.3) is 0 Å². The molecular weight excluding hydrogens is 273 g/mol. The van der Waals surface area contributed by atoms with Gasteiger partial charge in [-0.15, -0.1) is 0 Å². The van der Waals surface area contributed by atoms with Crippen LogP contribution in [-0.4, -0.2) is 50.8 Å². The molecule has 11 heteroatoms. The van der Waals surface area contributed by atoms with Gasteiger partial charge in [-0.1, -0.05) is 0 Å². The summed E-state index contributed by atoms with van der Waals surface area (Å²) in [6, 6.07) is 0. The van der Waals surface area contributed by atoms with E-state index in [1.807, 2.05) is 0 Å². The molecule has 0 radical (unpaired) electrons. The van der Waals surface area contributed by atoms with Gasteiger partial charge in [0.15, 0.2) is 5.85 Å². The van der Waals surface area contributed by atoms with Crippen LogP contribution < -0.4 is 34.5 Å². The van der Waals surface area contributed by atoms with Crippen molar-refractivity contribution in [3.05, 3.63) is 0 Å². The van der Waals surface area contributed by atoms with Crippen molar-refractivity contribution in [3.63, 3.8) is 0 Å². The first-order chi connectivity index (χ1) is 6.69. The number of aliphatic hydroxyl groups is 3. The minimum atomic E-state index is -4.87. The summed E-state index contributed by atoms with van der Waals surface area (Å²) in [5.74, 6) is -3.17. The van der Waals surface area contributed by atoms with E-state index in [4.69, 9.17) is 10.00 Å². The van der Waals surface area contributed by atoms with Crippen molar-refractivity contribution in [2.24, 2.45) is 0 Å². The van der Waals surface area contributed by atoms with Gasteiger partial charge >= 0.3 is 29.6 Å². The fourth-order valence-electron chi connectivity index (χ4n) is 1.29. The molecule has 1 aliphatic rings. The van der Waals surface area contributed by atoms with Crippen molar-refractivity contribution in [2.45, 2.75) is 18.1 Å². The smallest absolute Gasteiger partial charge is 0.778 e. The third kappa shape index (κ3) is 3.86. The Hall–Kier alpha value is 1.22. The number of hydrogen-bond donors (Lipinski definition) is 4. The second-order valence-corrected chi connectivity index (χ2v) is 7.83. The maximum absolute atomic E-state index is 11.7. The quantitative estimate of drug-likeness (QED) is 0.297. The second-order valence-electron chi connectivity index (χ2n) is 3.24. The van der Waals surface area contributed by atoms with E-state index in [0.717, 1.165) is 0 Å². The van der Waals surface area contributed by atoms with E-state index in [9.17, 15) is 24.2 Å². The molecule has 1 aliphatic heterocycles. The van der Waals surface area contributed by atoms with E-state index in [1.165, 1.54) is 0 Å². The van der Waals surface area contributed by atoms with Crippen LogP contribution in [0.2, 0.25) is 0 Å². The Bertz CT molecular complexity index is 328. The molecule has 8 nitrogen and oxygen atoms in total. The van der Waals surface area contributed by atoms with E-state index >= 15 is 0 Å². The molecular formula is C5H11NaO8P2. The first-order valence-corrected chi connectivity index (χ1v) is 7.61. The first kappa shape index (κ1) is 17.2. The molecule has 0 aromatic carbocycles. The predicted octanol–water partition coefficient (Wildman–Crippen LogP) is -5.16. The normalized spacial score (nSPS) is 42.4. The molecule has 0 aromatic heterocycles. The van der Waals surface area contributed by atoms with Crippen LogP contribution in [0.1, 0.15) is 0 Å². The minimum absolute atomic E-state index is 0. The summed E-state index contributed by atoms with van der Waals surface area (Å²) in [5, 5.41) is 27.1. The van der Waals surface area contributed by atoms with E-state index in [0.29, 0.717) is 0 Å². The van der Waals surface area contributed by atoms with E-state index in [-0.39, 0.29) is 29.6 Å². The van der Waals surface area contributed by atoms with Crippen LogP contribution in [0.15, 0.2) is 0 Å². The van der Waals surface area contributed by atoms with Gasteiger partial charge in [0.2, 0.25) is 7.37 Å². The van der Waals surface area contributed by atoms with Gasteiger partial charge in [-0.2, -0.15) is 0 Å². The monoisotopic (exact) mass is 284 g/mol. The van der Waals surface area contributed by atoms with Crippen molar-refractivity contribution < 1.29 is 68.3 Å². The van der Waals surface area contributed by atoms with E-state index in [1.54, 1.807) is 0 Å². The molecule has 1 rings (SSSR count). The molecule has 0 aromatic rings. The molecule has 0 saturated carbocycles. The molecule has 1 fully saturated rings. The molecule has 16 heavy (non-hydrogen) atoms. The molecule has 4 N–H and O–H groups in total. The summed E-state index contributed by atoms with van der Waals surface area (Å²) < 4.78 is 26.8. The summed E-state index contributed by atoms with van der Waals surface area (Å²) in [5.41, 5.74) is 0. The summed E-state index contributed by atoms with van der Waals surface area (Å²) in [6.07, 6.45) is -2.94. The van der Waals surface area contributed by atoms with Crippen LogP contribution in [0.4, 0.5) is 0 Å². The predicted molar refractivity (Wildman–Crippen MR) is 46.3 cm³/mol. The molecule has 0 bridgehead atoms. The summed E-state index contributed by atoms with van der Waals surface area (Å²) in [4.78, 5) is 19.0. The maximum atomic E-state index is 11.7. The van der Waals surface area contributed by atoms with Crippen LogP contribution >= 0.6 is 15.0 Å². The molecule has 1 saturated heterocycles. The van der Waals surface area contributed by atoms with Crippen LogP contribution in [-0.2, 0) is 13.7 Å². The third-order valence-corrected chi connectivity index (χ3v) is 6.70. The third-order valence-electron chi connectivity index (χ3n) is 1.96. The zero-order valence-corrected chi connectivity index (χ0v) is 12.3. The molecule has 0 amide bonds. The van der Waals surface area contributed by atoms with Crippen LogP contribution in [0.5, 0.6) is 0 Å². The zero-order valence-electron chi connectivity index (χ0n) is 8.46. The zero-order chi connectivity index (χ0) is 11.9. The Labute approximate surface area is 114 Å². The average Bonchev–Trinajstić information content (AvgIpc) is 2.27. The largest absolute Gasteiger partial charge is 1.00 e. The molecule has 3 unspecified atom stereocenters. The average molecular weight is 284 g/mol. The molecule has 0 aliphatic carbocycles. The van der Waals surface area contributed by atoms with E-state index in [2.05, 4.69) is 4.52 Å². The summed E-state index contributed by atoms with van der Waals surface area (Å²) >= 11 is 0. The molecule has 5 atom stereocenters. The Morgan fingerprint density at radius 3 is 2.25 bits per heavy atom. The number of aliphatic hydroxyl groups excluding tert-OH is 3. The van der Waals surface area contributed by atoms with Gasteiger partial charge in [-0.25, -0.2) is 0 Å². The Morgan fingerprint density at radius 1 is 1.44 bits per heavy atom. The Morgan fingerprint density at radius 2 is 1.94 bits per heavy atom. The van der Waals surface area contributed by atoms with Crippen molar-refractivity contribution >= 4 is 15.0 Å². The van der Waals surface area contributed by atoms with E-state index < -0.39 is 45.5 Å². The fraction of sp³-hybridized carbons (Fsp3) is 1.00. The van der Waals surface area contributed by atoms with Crippen LogP contribution in [0.25, 0.3) is 0 Å².